The molecular weight excluding hydrogens is 457 g/mol. The van der Waals surface area contributed by atoms with Gasteiger partial charge in [-0.1, -0.05) is 30.3 Å². The first-order valence-electron chi connectivity index (χ1n) is 11.3. The molecule has 184 valence electrons. The molecule has 0 spiro atoms. The number of anilines is 2. The molecule has 0 aliphatic carbocycles. The molecule has 1 atom stereocenters. The first kappa shape index (κ1) is 24.0. The second-order valence-corrected chi connectivity index (χ2v) is 8.38. The SMILES string of the molecule is NC(=O)c1cc(N2CCN(C(=O)OCc3ccccc3)CC2)c(F)cc1NC1CCC(=O)NC1=O. The van der Waals surface area contributed by atoms with Gasteiger partial charge in [0.2, 0.25) is 11.8 Å². The zero-order valence-electron chi connectivity index (χ0n) is 19.0. The lowest BCUT2D eigenvalue weighted by molar-refractivity contribution is -0.133. The third kappa shape index (κ3) is 5.68. The van der Waals surface area contributed by atoms with Crippen LogP contribution in [-0.2, 0) is 20.9 Å². The molecule has 2 heterocycles. The summed E-state index contributed by atoms with van der Waals surface area (Å²) in [5, 5.41) is 5.04. The van der Waals surface area contributed by atoms with Gasteiger partial charge in [-0.2, -0.15) is 0 Å². The Hall–Kier alpha value is -4.15. The number of carbonyl (C=O) groups excluding carboxylic acids is 4. The van der Waals surface area contributed by atoms with Gasteiger partial charge in [-0.25, -0.2) is 9.18 Å². The summed E-state index contributed by atoms with van der Waals surface area (Å²) in [5.74, 6) is -2.32. The second kappa shape index (κ2) is 10.4. The van der Waals surface area contributed by atoms with E-state index in [1.54, 1.807) is 9.80 Å². The summed E-state index contributed by atoms with van der Waals surface area (Å²) >= 11 is 0. The van der Waals surface area contributed by atoms with Crippen LogP contribution in [0.5, 0.6) is 0 Å². The van der Waals surface area contributed by atoms with Gasteiger partial charge in [0.1, 0.15) is 18.5 Å². The van der Waals surface area contributed by atoms with Crippen LogP contribution in [0.1, 0.15) is 28.8 Å². The number of imide groups is 1. The topological polar surface area (TPSA) is 134 Å². The number of nitrogens with two attached hydrogens (primary N) is 1. The molecule has 2 fully saturated rings. The average molecular weight is 484 g/mol. The van der Waals surface area contributed by atoms with Crippen molar-refractivity contribution in [2.24, 2.45) is 5.73 Å². The van der Waals surface area contributed by atoms with Crippen molar-refractivity contribution in [3.8, 4) is 0 Å². The molecule has 4 amide bonds. The van der Waals surface area contributed by atoms with Crippen molar-refractivity contribution in [3.05, 3.63) is 59.4 Å². The van der Waals surface area contributed by atoms with Crippen molar-refractivity contribution in [2.75, 3.05) is 36.4 Å². The standard InChI is InChI=1S/C24H26FN5O5/c25-17-13-19(27-18-6-7-21(31)28-23(18)33)16(22(26)32)12-20(17)29-8-10-30(11-9-29)24(34)35-14-15-4-2-1-3-5-15/h1-5,12-13,18,27H,6-11,14H2,(H2,26,32)(H,28,31,33). The number of nitrogens with zero attached hydrogens (tertiary/aromatic N) is 2. The van der Waals surface area contributed by atoms with Crippen molar-refractivity contribution in [2.45, 2.75) is 25.5 Å². The van der Waals surface area contributed by atoms with Gasteiger partial charge in [-0.05, 0) is 24.1 Å². The van der Waals surface area contributed by atoms with Crippen LogP contribution < -0.4 is 21.3 Å². The number of benzene rings is 2. The van der Waals surface area contributed by atoms with Gasteiger partial charge >= 0.3 is 6.09 Å². The number of ether oxygens (including phenoxy) is 1. The van der Waals surface area contributed by atoms with E-state index in [9.17, 15) is 19.2 Å². The fraction of sp³-hybridized carbons (Fsp3) is 0.333. The zero-order valence-corrected chi connectivity index (χ0v) is 19.0. The maximum atomic E-state index is 15.1. The molecule has 4 N–H and O–H groups in total. The van der Waals surface area contributed by atoms with E-state index in [0.29, 0.717) is 26.2 Å². The van der Waals surface area contributed by atoms with E-state index in [2.05, 4.69) is 10.6 Å². The monoisotopic (exact) mass is 483 g/mol. The second-order valence-electron chi connectivity index (χ2n) is 8.38. The molecular formula is C24H26FN5O5. The minimum atomic E-state index is -0.790. The summed E-state index contributed by atoms with van der Waals surface area (Å²) in [7, 11) is 0. The Morgan fingerprint density at radius 2 is 1.83 bits per heavy atom. The van der Waals surface area contributed by atoms with E-state index in [1.165, 1.54) is 6.07 Å². The number of amides is 4. The van der Waals surface area contributed by atoms with Crippen LogP contribution in [0, 0.1) is 5.82 Å². The molecule has 35 heavy (non-hydrogen) atoms. The number of piperazine rings is 1. The molecule has 0 radical (unpaired) electrons. The zero-order chi connectivity index (χ0) is 24.9. The highest BCUT2D eigenvalue weighted by Crippen LogP contribution is 2.29. The van der Waals surface area contributed by atoms with Gasteiger partial charge < -0.3 is 25.6 Å². The highest BCUT2D eigenvalue weighted by Gasteiger charge is 2.29. The van der Waals surface area contributed by atoms with Crippen LogP contribution in [0.4, 0.5) is 20.6 Å². The summed E-state index contributed by atoms with van der Waals surface area (Å²) in [4.78, 5) is 51.2. The number of hydrogen-bond donors (Lipinski definition) is 3. The van der Waals surface area contributed by atoms with Crippen LogP contribution in [0.25, 0.3) is 0 Å². The Morgan fingerprint density at radius 3 is 2.49 bits per heavy atom. The maximum Gasteiger partial charge on any atom is 0.410 e. The van der Waals surface area contributed by atoms with Crippen LogP contribution in [0.3, 0.4) is 0 Å². The number of piperidine rings is 1. The molecule has 2 aliphatic rings. The minimum absolute atomic E-state index is 0.0239. The Morgan fingerprint density at radius 1 is 1.11 bits per heavy atom. The molecule has 2 aromatic rings. The summed E-state index contributed by atoms with van der Waals surface area (Å²) in [6, 6.07) is 11.0. The van der Waals surface area contributed by atoms with Crippen molar-refractivity contribution in [1.82, 2.24) is 10.2 Å². The fourth-order valence-corrected chi connectivity index (χ4v) is 4.09. The van der Waals surface area contributed by atoms with Crippen molar-refractivity contribution in [3.63, 3.8) is 0 Å². The van der Waals surface area contributed by atoms with Crippen LogP contribution >= 0.6 is 0 Å². The summed E-state index contributed by atoms with van der Waals surface area (Å²) < 4.78 is 20.4. The molecule has 10 nitrogen and oxygen atoms in total. The van der Waals surface area contributed by atoms with Gasteiger partial charge in [-0.3, -0.25) is 19.7 Å². The molecule has 4 rings (SSSR count). The molecule has 0 bridgehead atoms. The number of hydrogen-bond acceptors (Lipinski definition) is 7. The number of rotatable bonds is 6. The highest BCUT2D eigenvalue weighted by atomic mass is 19.1. The number of halogens is 1. The van der Waals surface area contributed by atoms with Gasteiger partial charge in [0.15, 0.2) is 0 Å². The quantitative estimate of drug-likeness (QED) is 0.532. The molecule has 2 saturated heterocycles. The Balaban J connectivity index is 1.40. The Bertz CT molecular complexity index is 1130. The van der Waals surface area contributed by atoms with E-state index in [0.717, 1.165) is 11.6 Å². The first-order chi connectivity index (χ1) is 16.8. The lowest BCUT2D eigenvalue weighted by atomic mass is 10.0. The first-order valence-corrected chi connectivity index (χ1v) is 11.3. The van der Waals surface area contributed by atoms with E-state index in [-0.39, 0.29) is 42.3 Å². The van der Waals surface area contributed by atoms with Crippen molar-refractivity contribution in [1.29, 1.82) is 0 Å². The van der Waals surface area contributed by atoms with E-state index in [4.69, 9.17) is 10.5 Å². The molecule has 2 aromatic carbocycles. The predicted octanol–water partition coefficient (Wildman–Crippen LogP) is 1.60. The van der Waals surface area contributed by atoms with E-state index >= 15 is 4.39 Å². The van der Waals surface area contributed by atoms with E-state index in [1.807, 2.05) is 30.3 Å². The van der Waals surface area contributed by atoms with Gasteiger partial charge in [-0.15, -0.1) is 0 Å². The van der Waals surface area contributed by atoms with E-state index < -0.39 is 29.8 Å². The number of primary amides is 1. The molecule has 2 aliphatic heterocycles. The molecule has 0 aromatic heterocycles. The predicted molar refractivity (Wildman–Crippen MR) is 125 cm³/mol. The Kier molecular flexibility index (Phi) is 7.14. The number of carbonyl (C=O) groups is 4. The number of nitrogens with one attached hydrogen (secondary N) is 2. The summed E-state index contributed by atoms with van der Waals surface area (Å²) in [6.07, 6.45) is -0.0988. The third-order valence-electron chi connectivity index (χ3n) is 6.01. The molecule has 0 saturated carbocycles. The minimum Gasteiger partial charge on any atom is -0.445 e. The largest absolute Gasteiger partial charge is 0.445 e. The summed E-state index contributed by atoms with van der Waals surface area (Å²) in [5.41, 5.74) is 6.68. The molecule has 11 heteroatoms. The summed E-state index contributed by atoms with van der Waals surface area (Å²) in [6.45, 7) is 1.45. The van der Waals surface area contributed by atoms with Crippen LogP contribution in [0.2, 0.25) is 0 Å². The lowest BCUT2D eigenvalue weighted by Crippen LogP contribution is -2.49. The normalized spacial score (nSPS) is 18.1. The van der Waals surface area contributed by atoms with Crippen molar-refractivity contribution >= 4 is 35.2 Å². The fourth-order valence-electron chi connectivity index (χ4n) is 4.09. The van der Waals surface area contributed by atoms with Gasteiger partial charge in [0.05, 0.1) is 16.9 Å². The highest BCUT2D eigenvalue weighted by molar-refractivity contribution is 6.03. The third-order valence-corrected chi connectivity index (χ3v) is 6.01. The molecule has 1 unspecified atom stereocenters. The lowest BCUT2D eigenvalue weighted by Gasteiger charge is -2.36. The van der Waals surface area contributed by atoms with Gasteiger partial charge in [0.25, 0.3) is 5.91 Å². The maximum absolute atomic E-state index is 15.1. The van der Waals surface area contributed by atoms with Crippen molar-refractivity contribution < 1.29 is 28.3 Å². The average Bonchev–Trinajstić information content (AvgIpc) is 2.85. The van der Waals surface area contributed by atoms with Crippen LogP contribution in [0.15, 0.2) is 42.5 Å². The smallest absolute Gasteiger partial charge is 0.410 e. The van der Waals surface area contributed by atoms with Crippen LogP contribution in [-0.4, -0.2) is 60.9 Å². The Labute approximate surface area is 201 Å². The van der Waals surface area contributed by atoms with Gasteiger partial charge in [0, 0.05) is 32.6 Å².